The smallest absolute Gasteiger partial charge is 0.253 e. The average molecular weight is 368 g/mol. The second kappa shape index (κ2) is 7.60. The molecule has 5 nitrogen and oxygen atoms in total. The number of anilines is 1. The lowest BCUT2D eigenvalue weighted by atomic mass is 10.1. The summed E-state index contributed by atoms with van der Waals surface area (Å²) >= 11 is 0. The lowest BCUT2D eigenvalue weighted by Gasteiger charge is -2.16. The van der Waals surface area contributed by atoms with Gasteiger partial charge in [0.25, 0.3) is 5.91 Å². The van der Waals surface area contributed by atoms with Gasteiger partial charge in [-0.1, -0.05) is 18.2 Å². The summed E-state index contributed by atoms with van der Waals surface area (Å²) in [6.45, 7) is 1.67. The first kappa shape index (κ1) is 18.9. The van der Waals surface area contributed by atoms with E-state index in [-0.39, 0.29) is 23.5 Å². The number of hydrogen-bond acceptors (Lipinski definition) is 3. The van der Waals surface area contributed by atoms with Crippen LogP contribution in [0, 0.1) is 11.6 Å². The minimum Gasteiger partial charge on any atom is -0.349 e. The number of amides is 1. The molecular weight excluding hydrogens is 350 g/mol. The molecule has 0 radical (unpaired) electrons. The molecule has 0 fully saturated rings. The topological polar surface area (TPSA) is 75.3 Å². The quantitative estimate of drug-likeness (QED) is 0.823. The molecule has 0 saturated heterocycles. The van der Waals surface area contributed by atoms with Crippen molar-refractivity contribution in [2.75, 3.05) is 11.0 Å². The Hall–Kier alpha value is -2.48. The molecule has 0 aliphatic rings. The molecule has 2 N–H and O–H groups in total. The van der Waals surface area contributed by atoms with Crippen LogP contribution in [-0.4, -0.2) is 26.6 Å². The van der Waals surface area contributed by atoms with Gasteiger partial charge >= 0.3 is 0 Å². The molecule has 25 heavy (non-hydrogen) atoms. The van der Waals surface area contributed by atoms with Crippen LogP contribution in [0.5, 0.6) is 0 Å². The third kappa shape index (κ3) is 5.53. The third-order valence-electron chi connectivity index (χ3n) is 3.38. The fraction of sp³-hybridized carbons (Fsp3) is 0.235. The highest BCUT2D eigenvalue weighted by molar-refractivity contribution is 7.92. The predicted molar refractivity (Wildman–Crippen MR) is 91.9 cm³/mol. The summed E-state index contributed by atoms with van der Waals surface area (Å²) in [5.41, 5.74) is 0.259. The highest BCUT2D eigenvalue weighted by atomic mass is 32.2. The minimum atomic E-state index is -3.63. The minimum absolute atomic E-state index is 0.0282. The molecule has 134 valence electrons. The first-order valence-corrected chi connectivity index (χ1v) is 9.36. The van der Waals surface area contributed by atoms with Gasteiger partial charge in [0.1, 0.15) is 11.6 Å². The summed E-state index contributed by atoms with van der Waals surface area (Å²) in [5.74, 6) is -1.71. The van der Waals surface area contributed by atoms with Gasteiger partial charge in [0.05, 0.1) is 17.5 Å². The molecule has 0 aliphatic heterocycles. The van der Waals surface area contributed by atoms with Gasteiger partial charge in [-0.15, -0.1) is 0 Å². The van der Waals surface area contributed by atoms with Gasteiger partial charge in [0.2, 0.25) is 10.0 Å². The van der Waals surface area contributed by atoms with Crippen LogP contribution >= 0.6 is 0 Å². The molecule has 0 aromatic heterocycles. The van der Waals surface area contributed by atoms with Crippen molar-refractivity contribution >= 4 is 21.6 Å². The Morgan fingerprint density at radius 2 is 1.84 bits per heavy atom. The summed E-state index contributed by atoms with van der Waals surface area (Å²) in [6, 6.07) is 8.91. The molecular formula is C17H18F2N2O3S. The second-order valence-electron chi connectivity index (χ2n) is 5.73. The summed E-state index contributed by atoms with van der Waals surface area (Å²) in [6.07, 6.45) is 1.17. The van der Waals surface area contributed by atoms with Gasteiger partial charge < -0.3 is 5.32 Å². The molecule has 2 aromatic rings. The number of carbonyl (C=O) groups is 1. The zero-order valence-electron chi connectivity index (χ0n) is 13.7. The highest BCUT2D eigenvalue weighted by Crippen LogP contribution is 2.19. The van der Waals surface area contributed by atoms with E-state index in [2.05, 4.69) is 10.0 Å². The first-order valence-electron chi connectivity index (χ1n) is 7.47. The van der Waals surface area contributed by atoms with Crippen LogP contribution in [0.1, 0.15) is 22.8 Å². The molecule has 1 unspecified atom stereocenters. The van der Waals surface area contributed by atoms with E-state index in [1.54, 1.807) is 25.1 Å². The lowest BCUT2D eigenvalue weighted by molar-refractivity contribution is 0.0940. The van der Waals surface area contributed by atoms with Crippen LogP contribution in [0.25, 0.3) is 0 Å². The van der Waals surface area contributed by atoms with E-state index in [0.717, 1.165) is 18.4 Å². The zero-order chi connectivity index (χ0) is 18.6. The number of halogens is 2. The maximum atomic E-state index is 13.7. The fourth-order valence-electron chi connectivity index (χ4n) is 2.34. The van der Waals surface area contributed by atoms with E-state index >= 15 is 0 Å². The summed E-state index contributed by atoms with van der Waals surface area (Å²) < 4.78 is 52.1. The molecule has 2 aromatic carbocycles. The fourth-order valence-corrected chi connectivity index (χ4v) is 2.92. The molecule has 0 spiro atoms. The van der Waals surface area contributed by atoms with E-state index in [0.29, 0.717) is 5.56 Å². The van der Waals surface area contributed by atoms with Crippen LogP contribution < -0.4 is 10.0 Å². The van der Waals surface area contributed by atoms with Gasteiger partial charge in [0.15, 0.2) is 0 Å². The van der Waals surface area contributed by atoms with Gasteiger partial charge in [-0.25, -0.2) is 17.2 Å². The summed E-state index contributed by atoms with van der Waals surface area (Å²) in [4.78, 5) is 12.4. The van der Waals surface area contributed by atoms with Gasteiger partial charge in [-0.3, -0.25) is 9.52 Å². The molecule has 0 heterocycles. The van der Waals surface area contributed by atoms with E-state index in [1.807, 2.05) is 0 Å². The molecule has 1 amide bonds. The van der Waals surface area contributed by atoms with Crippen molar-refractivity contribution in [3.63, 3.8) is 0 Å². The first-order chi connectivity index (χ1) is 11.7. The highest BCUT2D eigenvalue weighted by Gasteiger charge is 2.18. The van der Waals surface area contributed by atoms with E-state index < -0.39 is 27.8 Å². The monoisotopic (exact) mass is 368 g/mol. The molecule has 0 bridgehead atoms. The third-order valence-corrected chi connectivity index (χ3v) is 3.97. The Balaban J connectivity index is 2.17. The number of benzene rings is 2. The van der Waals surface area contributed by atoms with Crippen molar-refractivity contribution < 1.29 is 22.0 Å². The number of rotatable bonds is 6. The van der Waals surface area contributed by atoms with E-state index in [9.17, 15) is 22.0 Å². The van der Waals surface area contributed by atoms with E-state index in [1.165, 1.54) is 12.1 Å². The number of sulfonamides is 1. The number of carbonyl (C=O) groups excluding carboxylic acids is 1. The summed E-state index contributed by atoms with van der Waals surface area (Å²) in [7, 11) is -3.63. The van der Waals surface area contributed by atoms with Crippen molar-refractivity contribution in [1.82, 2.24) is 5.32 Å². The number of nitrogens with one attached hydrogen (secondary N) is 2. The Kier molecular flexibility index (Phi) is 5.73. The SMILES string of the molecule is CC(Cc1ccccc1F)NC(=O)c1cc(F)ccc1NS(C)(=O)=O. The largest absolute Gasteiger partial charge is 0.349 e. The number of hydrogen-bond donors (Lipinski definition) is 2. The second-order valence-corrected chi connectivity index (χ2v) is 7.48. The van der Waals surface area contributed by atoms with Crippen molar-refractivity contribution in [1.29, 1.82) is 0 Å². The van der Waals surface area contributed by atoms with Crippen LogP contribution in [-0.2, 0) is 16.4 Å². The lowest BCUT2D eigenvalue weighted by Crippen LogP contribution is -2.35. The van der Waals surface area contributed by atoms with Crippen molar-refractivity contribution in [2.24, 2.45) is 0 Å². The normalized spacial score (nSPS) is 12.5. The molecule has 0 aliphatic carbocycles. The zero-order valence-corrected chi connectivity index (χ0v) is 14.5. The predicted octanol–water partition coefficient (Wildman–Crippen LogP) is 2.70. The van der Waals surface area contributed by atoms with Crippen molar-refractivity contribution in [3.8, 4) is 0 Å². The maximum Gasteiger partial charge on any atom is 0.253 e. The molecule has 1 atom stereocenters. The van der Waals surface area contributed by atoms with Crippen LogP contribution in [0.15, 0.2) is 42.5 Å². The Morgan fingerprint density at radius 1 is 1.16 bits per heavy atom. The maximum absolute atomic E-state index is 13.7. The average Bonchev–Trinajstić information content (AvgIpc) is 2.50. The summed E-state index contributed by atoms with van der Waals surface area (Å²) in [5, 5.41) is 2.62. The van der Waals surface area contributed by atoms with Crippen LogP contribution in [0.4, 0.5) is 14.5 Å². The van der Waals surface area contributed by atoms with Gasteiger partial charge in [0, 0.05) is 6.04 Å². The van der Waals surface area contributed by atoms with E-state index in [4.69, 9.17) is 0 Å². The van der Waals surface area contributed by atoms with Crippen LogP contribution in [0.3, 0.4) is 0 Å². The Labute approximate surface area is 145 Å². The van der Waals surface area contributed by atoms with Crippen LogP contribution in [0.2, 0.25) is 0 Å². The Morgan fingerprint density at radius 3 is 2.48 bits per heavy atom. The van der Waals surface area contributed by atoms with Gasteiger partial charge in [-0.05, 0) is 43.2 Å². The Bertz CT molecular complexity index is 885. The van der Waals surface area contributed by atoms with Crippen molar-refractivity contribution in [2.45, 2.75) is 19.4 Å². The molecule has 2 rings (SSSR count). The van der Waals surface area contributed by atoms with Crippen molar-refractivity contribution in [3.05, 3.63) is 65.2 Å². The molecule has 0 saturated carbocycles. The molecule has 8 heteroatoms. The standard InChI is InChI=1S/C17H18F2N2O3S/c1-11(9-12-5-3-4-6-15(12)19)20-17(22)14-10-13(18)7-8-16(14)21-25(2,23)24/h3-8,10-11,21H,9H2,1-2H3,(H,20,22). The van der Waals surface area contributed by atoms with Gasteiger partial charge in [-0.2, -0.15) is 0 Å².